The maximum Gasteiger partial charge on any atom is 0.325 e. The summed E-state index contributed by atoms with van der Waals surface area (Å²) in [4.78, 5) is 25.7. The van der Waals surface area contributed by atoms with Crippen molar-refractivity contribution in [3.05, 3.63) is 69.7 Å². The summed E-state index contributed by atoms with van der Waals surface area (Å²) in [6.45, 7) is 0.138. The average Bonchev–Trinajstić information content (AvgIpc) is 2.57. The first-order chi connectivity index (χ1) is 11.0. The van der Waals surface area contributed by atoms with Crippen molar-refractivity contribution in [2.45, 2.75) is 6.54 Å². The van der Waals surface area contributed by atoms with Gasteiger partial charge in [0.2, 0.25) is 0 Å². The molecule has 0 fully saturated rings. The lowest BCUT2D eigenvalue weighted by atomic mass is 10.1. The number of carbonyl (C=O) groups excluding carboxylic acids is 2. The van der Waals surface area contributed by atoms with E-state index in [1.807, 2.05) is 30.3 Å². The monoisotopic (exact) mass is 351 g/mol. The first kappa shape index (κ1) is 17.3. The van der Waals surface area contributed by atoms with Gasteiger partial charge in [0.1, 0.15) is 6.54 Å². The molecule has 0 aliphatic carbocycles. The zero-order valence-electron chi connectivity index (χ0n) is 12.5. The van der Waals surface area contributed by atoms with Crippen LogP contribution in [0.1, 0.15) is 15.9 Å². The van der Waals surface area contributed by atoms with Crippen LogP contribution in [-0.2, 0) is 16.1 Å². The summed E-state index contributed by atoms with van der Waals surface area (Å²) in [5, 5.41) is 0.654. The Labute approximate surface area is 144 Å². The third-order valence-electron chi connectivity index (χ3n) is 3.22. The van der Waals surface area contributed by atoms with Gasteiger partial charge in [0.05, 0.1) is 17.2 Å². The molecule has 0 atom stereocenters. The van der Waals surface area contributed by atoms with Crippen LogP contribution in [0.3, 0.4) is 0 Å². The summed E-state index contributed by atoms with van der Waals surface area (Å²) in [6, 6.07) is 14.0. The zero-order chi connectivity index (χ0) is 16.8. The lowest BCUT2D eigenvalue weighted by Crippen LogP contribution is -2.35. The lowest BCUT2D eigenvalue weighted by Gasteiger charge is -2.22. The molecule has 0 aliphatic heterocycles. The Hall–Kier alpha value is -2.04. The molecular formula is C17H15Cl2NO3. The molecule has 0 heterocycles. The number of esters is 1. The number of hydrogen-bond acceptors (Lipinski definition) is 3. The summed E-state index contributed by atoms with van der Waals surface area (Å²) in [5.41, 5.74) is 1.27. The number of benzene rings is 2. The summed E-state index contributed by atoms with van der Waals surface area (Å²) in [5.74, 6) is -0.813. The summed E-state index contributed by atoms with van der Waals surface area (Å²) < 4.78 is 4.67. The van der Waals surface area contributed by atoms with Crippen molar-refractivity contribution in [2.24, 2.45) is 0 Å². The Kier molecular flexibility index (Phi) is 6.02. The highest BCUT2D eigenvalue weighted by Crippen LogP contribution is 2.23. The number of ether oxygens (including phenoxy) is 1. The highest BCUT2D eigenvalue weighted by atomic mass is 35.5. The van der Waals surface area contributed by atoms with Gasteiger partial charge in [-0.05, 0) is 23.8 Å². The van der Waals surface area contributed by atoms with Crippen LogP contribution in [0.2, 0.25) is 10.0 Å². The molecule has 0 spiro atoms. The van der Waals surface area contributed by atoms with Crippen molar-refractivity contribution in [3.8, 4) is 0 Å². The van der Waals surface area contributed by atoms with Gasteiger partial charge in [-0.2, -0.15) is 0 Å². The second kappa shape index (κ2) is 7.99. The van der Waals surface area contributed by atoms with Gasteiger partial charge in [-0.1, -0.05) is 53.5 Å². The summed E-state index contributed by atoms with van der Waals surface area (Å²) in [7, 11) is 1.28. The molecule has 2 aromatic rings. The molecule has 0 radical (unpaired) electrons. The van der Waals surface area contributed by atoms with Crippen molar-refractivity contribution in [3.63, 3.8) is 0 Å². The maximum atomic E-state index is 12.7. The molecule has 0 saturated carbocycles. The minimum Gasteiger partial charge on any atom is -0.468 e. The number of nitrogens with zero attached hydrogens (tertiary/aromatic N) is 1. The molecule has 0 bridgehead atoms. The van der Waals surface area contributed by atoms with Gasteiger partial charge < -0.3 is 9.64 Å². The molecule has 0 unspecified atom stereocenters. The first-order valence-corrected chi connectivity index (χ1v) is 7.62. The molecular weight excluding hydrogens is 337 g/mol. The summed E-state index contributed by atoms with van der Waals surface area (Å²) >= 11 is 11.8. The van der Waals surface area contributed by atoms with E-state index >= 15 is 0 Å². The second-order valence-electron chi connectivity index (χ2n) is 4.85. The molecule has 23 heavy (non-hydrogen) atoms. The van der Waals surface area contributed by atoms with Crippen molar-refractivity contribution in [2.75, 3.05) is 13.7 Å². The van der Waals surface area contributed by atoms with Gasteiger partial charge >= 0.3 is 5.97 Å². The Balaban J connectivity index is 2.26. The van der Waals surface area contributed by atoms with Gasteiger partial charge in [0.25, 0.3) is 5.91 Å². The molecule has 6 heteroatoms. The van der Waals surface area contributed by atoms with E-state index in [1.54, 1.807) is 12.1 Å². The van der Waals surface area contributed by atoms with E-state index in [0.717, 1.165) is 5.56 Å². The van der Waals surface area contributed by atoms with Crippen LogP contribution < -0.4 is 0 Å². The van der Waals surface area contributed by atoms with Crippen LogP contribution in [0.15, 0.2) is 48.5 Å². The smallest absolute Gasteiger partial charge is 0.325 e. The van der Waals surface area contributed by atoms with E-state index in [1.165, 1.54) is 18.1 Å². The van der Waals surface area contributed by atoms with Crippen LogP contribution >= 0.6 is 23.2 Å². The Morgan fingerprint density at radius 2 is 1.74 bits per heavy atom. The molecule has 4 nitrogen and oxygen atoms in total. The second-order valence-corrected chi connectivity index (χ2v) is 5.67. The van der Waals surface area contributed by atoms with Gasteiger partial charge in [0.15, 0.2) is 0 Å². The van der Waals surface area contributed by atoms with E-state index < -0.39 is 5.97 Å². The SMILES string of the molecule is COC(=O)CN(Cc1ccccc1)C(=O)c1ccc(Cl)c(Cl)c1. The lowest BCUT2D eigenvalue weighted by molar-refractivity contribution is -0.141. The largest absolute Gasteiger partial charge is 0.468 e. The summed E-state index contributed by atoms with van der Waals surface area (Å²) in [6.07, 6.45) is 0. The van der Waals surface area contributed by atoms with Crippen LogP contribution in [-0.4, -0.2) is 30.4 Å². The van der Waals surface area contributed by atoms with Crippen molar-refractivity contribution < 1.29 is 14.3 Å². The van der Waals surface area contributed by atoms with E-state index in [2.05, 4.69) is 4.74 Å². The van der Waals surface area contributed by atoms with Crippen LogP contribution in [0.5, 0.6) is 0 Å². The van der Waals surface area contributed by atoms with Gasteiger partial charge in [-0.15, -0.1) is 0 Å². The molecule has 0 saturated heterocycles. The number of rotatable bonds is 5. The van der Waals surface area contributed by atoms with Crippen LogP contribution in [0, 0.1) is 0 Å². The van der Waals surface area contributed by atoms with Crippen molar-refractivity contribution in [1.29, 1.82) is 0 Å². The molecule has 2 aromatic carbocycles. The first-order valence-electron chi connectivity index (χ1n) is 6.86. The number of carbonyl (C=O) groups is 2. The molecule has 2 rings (SSSR count). The van der Waals surface area contributed by atoms with Crippen molar-refractivity contribution >= 4 is 35.1 Å². The zero-order valence-corrected chi connectivity index (χ0v) is 14.0. The quantitative estimate of drug-likeness (QED) is 0.769. The predicted octanol–water partition coefficient (Wildman–Crippen LogP) is 3.81. The predicted molar refractivity (Wildman–Crippen MR) is 89.7 cm³/mol. The van der Waals surface area contributed by atoms with E-state index in [9.17, 15) is 9.59 Å². The minimum absolute atomic E-state index is 0.148. The van der Waals surface area contributed by atoms with Crippen LogP contribution in [0.25, 0.3) is 0 Å². The molecule has 0 aliphatic rings. The fourth-order valence-electron chi connectivity index (χ4n) is 2.04. The third kappa shape index (κ3) is 4.71. The van der Waals surface area contributed by atoms with Gasteiger partial charge in [-0.25, -0.2) is 0 Å². The normalized spacial score (nSPS) is 10.2. The number of hydrogen-bond donors (Lipinski definition) is 0. The van der Waals surface area contributed by atoms with E-state index in [0.29, 0.717) is 10.6 Å². The average molecular weight is 352 g/mol. The maximum absolute atomic E-state index is 12.7. The van der Waals surface area contributed by atoms with E-state index in [-0.39, 0.29) is 24.0 Å². The van der Waals surface area contributed by atoms with Gasteiger partial charge in [0, 0.05) is 12.1 Å². The third-order valence-corrected chi connectivity index (χ3v) is 3.96. The molecule has 0 aromatic heterocycles. The number of amides is 1. The van der Waals surface area contributed by atoms with Crippen LogP contribution in [0.4, 0.5) is 0 Å². The Morgan fingerprint density at radius 3 is 2.35 bits per heavy atom. The Bertz CT molecular complexity index is 704. The molecule has 120 valence electrons. The standard InChI is InChI=1S/C17H15Cl2NO3/c1-23-16(21)11-20(10-12-5-3-2-4-6-12)17(22)13-7-8-14(18)15(19)9-13/h2-9H,10-11H2,1H3. The highest BCUT2D eigenvalue weighted by molar-refractivity contribution is 6.42. The number of halogens is 2. The topological polar surface area (TPSA) is 46.6 Å². The molecule has 0 N–H and O–H groups in total. The Morgan fingerprint density at radius 1 is 1.04 bits per heavy atom. The van der Waals surface area contributed by atoms with E-state index in [4.69, 9.17) is 23.2 Å². The van der Waals surface area contributed by atoms with Crippen molar-refractivity contribution in [1.82, 2.24) is 4.90 Å². The fraction of sp³-hybridized carbons (Fsp3) is 0.176. The molecule has 1 amide bonds. The minimum atomic E-state index is -0.491. The highest BCUT2D eigenvalue weighted by Gasteiger charge is 2.20. The van der Waals surface area contributed by atoms with Gasteiger partial charge in [-0.3, -0.25) is 9.59 Å². The number of methoxy groups -OCH3 is 1. The fourth-order valence-corrected chi connectivity index (χ4v) is 2.33.